The molecule has 3 rings (SSSR count). The molecule has 1 aromatic heterocycles. The number of nitrogens with one attached hydrogen (secondary N) is 1. The maximum atomic E-state index is 12.0. The van der Waals surface area contributed by atoms with Crippen molar-refractivity contribution >= 4 is 23.0 Å². The van der Waals surface area contributed by atoms with Gasteiger partial charge in [0, 0.05) is 4.88 Å². The molecule has 0 bridgehead atoms. The van der Waals surface area contributed by atoms with E-state index in [0.717, 1.165) is 41.9 Å². The van der Waals surface area contributed by atoms with Crippen LogP contribution in [-0.2, 0) is 4.74 Å². The van der Waals surface area contributed by atoms with Gasteiger partial charge in [-0.25, -0.2) is 4.79 Å². The Labute approximate surface area is 134 Å². The van der Waals surface area contributed by atoms with Crippen molar-refractivity contribution in [2.75, 3.05) is 25.9 Å². The lowest BCUT2D eigenvalue weighted by atomic mass is 9.88. The summed E-state index contributed by atoms with van der Waals surface area (Å²) in [5.41, 5.74) is 9.17. The van der Waals surface area contributed by atoms with Crippen molar-refractivity contribution in [2.45, 2.75) is 18.8 Å². The third kappa shape index (κ3) is 2.74. The second kappa shape index (κ2) is 6.50. The molecule has 5 heteroatoms. The Hall–Kier alpha value is -1.85. The number of thiophene rings is 1. The normalized spacial score (nSPS) is 15.7. The summed E-state index contributed by atoms with van der Waals surface area (Å²) in [6.07, 6.45) is 2.09. The lowest BCUT2D eigenvalue weighted by Crippen LogP contribution is -2.27. The molecule has 1 fully saturated rings. The number of hydrogen-bond donors (Lipinski definition) is 2. The highest BCUT2D eigenvalue weighted by molar-refractivity contribution is 7.18. The summed E-state index contributed by atoms with van der Waals surface area (Å²) in [5.74, 6) is 0.0472. The van der Waals surface area contributed by atoms with E-state index < -0.39 is 0 Å². The van der Waals surface area contributed by atoms with Gasteiger partial charge in [-0.1, -0.05) is 30.3 Å². The molecule has 1 aliphatic heterocycles. The number of nitrogens with two attached hydrogens (primary N) is 1. The first-order valence-corrected chi connectivity index (χ1v) is 8.30. The van der Waals surface area contributed by atoms with Crippen LogP contribution in [0.1, 0.15) is 34.0 Å². The Morgan fingerprint density at radius 1 is 1.27 bits per heavy atom. The summed E-state index contributed by atoms with van der Waals surface area (Å²) in [6, 6.07) is 10.1. The minimum absolute atomic E-state index is 0.347. The highest BCUT2D eigenvalue weighted by atomic mass is 32.1. The van der Waals surface area contributed by atoms with Gasteiger partial charge < -0.3 is 15.8 Å². The first-order valence-electron chi connectivity index (χ1n) is 7.49. The second-order valence-corrected chi connectivity index (χ2v) is 6.49. The minimum Gasteiger partial charge on any atom is -0.465 e. The third-order valence-corrected chi connectivity index (χ3v) is 5.39. The van der Waals surface area contributed by atoms with Gasteiger partial charge in [-0.15, -0.1) is 11.3 Å². The van der Waals surface area contributed by atoms with Crippen LogP contribution in [-0.4, -0.2) is 26.2 Å². The van der Waals surface area contributed by atoms with Crippen molar-refractivity contribution in [3.05, 3.63) is 40.8 Å². The van der Waals surface area contributed by atoms with Crippen LogP contribution in [0.3, 0.4) is 0 Å². The van der Waals surface area contributed by atoms with Gasteiger partial charge in [0.25, 0.3) is 0 Å². The van der Waals surface area contributed by atoms with Crippen LogP contribution in [0.4, 0.5) is 5.69 Å². The maximum absolute atomic E-state index is 12.0. The molecule has 0 atom stereocenters. The summed E-state index contributed by atoms with van der Waals surface area (Å²) in [5, 5.41) is 3.37. The fraction of sp³-hybridized carbons (Fsp3) is 0.353. The molecule has 22 heavy (non-hydrogen) atoms. The zero-order valence-electron chi connectivity index (χ0n) is 12.6. The van der Waals surface area contributed by atoms with E-state index in [-0.39, 0.29) is 5.97 Å². The molecule has 4 nitrogen and oxygen atoms in total. The van der Waals surface area contributed by atoms with Crippen molar-refractivity contribution in [1.29, 1.82) is 0 Å². The number of anilines is 1. The Morgan fingerprint density at radius 3 is 2.59 bits per heavy atom. The number of esters is 1. The molecule has 0 amide bonds. The van der Waals surface area contributed by atoms with Gasteiger partial charge in [0.05, 0.1) is 12.8 Å². The van der Waals surface area contributed by atoms with Crippen molar-refractivity contribution in [3.8, 4) is 10.4 Å². The first-order chi connectivity index (χ1) is 10.7. The molecule has 3 N–H and O–H groups in total. The number of carbonyl (C=O) groups excluding carboxylic acids is 1. The van der Waals surface area contributed by atoms with Gasteiger partial charge in [-0.3, -0.25) is 0 Å². The SMILES string of the molecule is COC(=O)c1sc(-c2ccccc2)c(C2CCNCC2)c1N. The molecule has 0 radical (unpaired) electrons. The largest absolute Gasteiger partial charge is 0.465 e. The number of benzene rings is 1. The lowest BCUT2D eigenvalue weighted by Gasteiger charge is -2.24. The fourth-order valence-electron chi connectivity index (χ4n) is 3.02. The van der Waals surface area contributed by atoms with Gasteiger partial charge in [0.2, 0.25) is 0 Å². The van der Waals surface area contributed by atoms with Gasteiger partial charge in [-0.2, -0.15) is 0 Å². The summed E-state index contributed by atoms with van der Waals surface area (Å²) in [6.45, 7) is 1.98. The molecule has 116 valence electrons. The quantitative estimate of drug-likeness (QED) is 0.853. The second-order valence-electron chi connectivity index (χ2n) is 5.47. The number of nitrogen functional groups attached to an aromatic ring is 1. The van der Waals surface area contributed by atoms with E-state index >= 15 is 0 Å². The number of methoxy groups -OCH3 is 1. The van der Waals surface area contributed by atoms with Gasteiger partial charge >= 0.3 is 5.97 Å². The first kappa shape index (κ1) is 15.1. The smallest absolute Gasteiger partial charge is 0.350 e. The summed E-state index contributed by atoms with van der Waals surface area (Å²) in [4.78, 5) is 13.6. The van der Waals surface area contributed by atoms with Crippen LogP contribution in [0, 0.1) is 0 Å². The predicted octanol–water partition coefficient (Wildman–Crippen LogP) is 3.25. The van der Waals surface area contributed by atoms with E-state index in [1.165, 1.54) is 18.4 Å². The van der Waals surface area contributed by atoms with E-state index in [1.807, 2.05) is 18.2 Å². The molecule has 1 aliphatic rings. The van der Waals surface area contributed by atoms with Gasteiger partial charge in [-0.05, 0) is 43.0 Å². The average Bonchev–Trinajstić information content (AvgIpc) is 2.93. The Kier molecular flexibility index (Phi) is 4.45. The van der Waals surface area contributed by atoms with Crippen LogP contribution in [0.25, 0.3) is 10.4 Å². The van der Waals surface area contributed by atoms with Crippen molar-refractivity contribution in [1.82, 2.24) is 5.32 Å². The van der Waals surface area contributed by atoms with E-state index in [2.05, 4.69) is 17.4 Å². The third-order valence-electron chi connectivity index (χ3n) is 4.14. The number of rotatable bonds is 3. The maximum Gasteiger partial charge on any atom is 0.350 e. The number of piperidine rings is 1. The Balaban J connectivity index is 2.12. The highest BCUT2D eigenvalue weighted by Crippen LogP contribution is 2.45. The summed E-state index contributed by atoms with van der Waals surface area (Å²) in [7, 11) is 1.40. The van der Waals surface area contributed by atoms with Crippen molar-refractivity contribution < 1.29 is 9.53 Å². The standard InChI is InChI=1S/C17H20N2O2S/c1-21-17(20)16-14(18)13(11-7-9-19-10-8-11)15(22-16)12-5-3-2-4-6-12/h2-6,11,19H,7-10,18H2,1H3. The molecular formula is C17H20N2O2S. The molecule has 1 saturated heterocycles. The highest BCUT2D eigenvalue weighted by Gasteiger charge is 2.28. The Bertz CT molecular complexity index is 661. The molecule has 0 saturated carbocycles. The predicted molar refractivity (Wildman–Crippen MR) is 90.4 cm³/mol. The topological polar surface area (TPSA) is 64.3 Å². The van der Waals surface area contributed by atoms with Crippen LogP contribution in [0.15, 0.2) is 30.3 Å². The van der Waals surface area contributed by atoms with Crippen molar-refractivity contribution in [3.63, 3.8) is 0 Å². The van der Waals surface area contributed by atoms with Crippen LogP contribution >= 0.6 is 11.3 Å². The number of carbonyl (C=O) groups is 1. The van der Waals surface area contributed by atoms with E-state index in [0.29, 0.717) is 16.5 Å². The summed E-state index contributed by atoms with van der Waals surface area (Å²) >= 11 is 1.45. The van der Waals surface area contributed by atoms with Crippen molar-refractivity contribution in [2.24, 2.45) is 0 Å². The fourth-order valence-corrected chi connectivity index (χ4v) is 4.25. The van der Waals surface area contributed by atoms with Crippen LogP contribution in [0.2, 0.25) is 0 Å². The van der Waals surface area contributed by atoms with Crippen LogP contribution in [0.5, 0.6) is 0 Å². The Morgan fingerprint density at radius 2 is 1.95 bits per heavy atom. The molecule has 0 unspecified atom stereocenters. The number of ether oxygens (including phenoxy) is 1. The van der Waals surface area contributed by atoms with Crippen LogP contribution < -0.4 is 11.1 Å². The molecule has 0 aliphatic carbocycles. The molecule has 2 heterocycles. The minimum atomic E-state index is -0.347. The molecule has 1 aromatic carbocycles. The van der Waals surface area contributed by atoms with E-state index in [1.54, 1.807) is 0 Å². The van der Waals surface area contributed by atoms with E-state index in [4.69, 9.17) is 10.5 Å². The monoisotopic (exact) mass is 316 g/mol. The zero-order chi connectivity index (χ0) is 15.5. The molecular weight excluding hydrogens is 296 g/mol. The van der Waals surface area contributed by atoms with E-state index in [9.17, 15) is 4.79 Å². The van der Waals surface area contributed by atoms with Gasteiger partial charge in [0.1, 0.15) is 4.88 Å². The lowest BCUT2D eigenvalue weighted by molar-refractivity contribution is 0.0607. The van der Waals surface area contributed by atoms with Gasteiger partial charge in [0.15, 0.2) is 0 Å². The number of hydrogen-bond acceptors (Lipinski definition) is 5. The molecule has 0 spiro atoms. The average molecular weight is 316 g/mol. The summed E-state index contributed by atoms with van der Waals surface area (Å²) < 4.78 is 4.89. The molecule has 2 aromatic rings. The zero-order valence-corrected chi connectivity index (χ0v) is 13.4.